The van der Waals surface area contributed by atoms with Gasteiger partial charge in [-0.25, -0.2) is 4.68 Å². The molecule has 0 bridgehead atoms. The van der Waals surface area contributed by atoms with Crippen LogP contribution >= 0.6 is 0 Å². The topological polar surface area (TPSA) is 55.1 Å². The van der Waals surface area contributed by atoms with E-state index in [1.54, 1.807) is 6.92 Å². The smallest absolute Gasteiger partial charge is 0.278 e. The van der Waals surface area contributed by atoms with Crippen molar-refractivity contribution in [1.29, 1.82) is 0 Å². The first-order chi connectivity index (χ1) is 11.6. The Morgan fingerprint density at radius 2 is 1.67 bits per heavy atom. The lowest BCUT2D eigenvalue weighted by Gasteiger charge is -2.13. The molecule has 122 valence electrons. The number of nitrogens with zero attached hydrogens (tertiary/aromatic N) is 2. The highest BCUT2D eigenvalue weighted by Crippen LogP contribution is 2.29. The summed E-state index contributed by atoms with van der Waals surface area (Å²) in [6.45, 7) is 4.12. The zero-order chi connectivity index (χ0) is 17.1. The number of aromatic hydroxyl groups is 1. The Hall–Kier alpha value is -2.88. The Bertz CT molecular complexity index is 915. The summed E-state index contributed by atoms with van der Waals surface area (Å²) in [7, 11) is 0. The lowest BCUT2D eigenvalue weighted by Crippen LogP contribution is -2.26. The molecule has 0 aliphatic heterocycles. The van der Waals surface area contributed by atoms with Crippen molar-refractivity contribution >= 4 is 0 Å². The molecule has 0 saturated heterocycles. The maximum atomic E-state index is 12.9. The van der Waals surface area contributed by atoms with Crippen molar-refractivity contribution in [2.45, 2.75) is 26.8 Å². The van der Waals surface area contributed by atoms with E-state index < -0.39 is 0 Å². The largest absolute Gasteiger partial charge is 0.505 e. The van der Waals surface area contributed by atoms with Crippen molar-refractivity contribution in [2.75, 3.05) is 0 Å². The van der Waals surface area contributed by atoms with E-state index in [0.717, 1.165) is 16.7 Å². The molecule has 0 spiro atoms. The van der Waals surface area contributed by atoms with Gasteiger partial charge in [0.2, 0.25) is 0 Å². The van der Waals surface area contributed by atoms with Gasteiger partial charge < -0.3 is 5.11 Å². The predicted molar refractivity (Wildman–Crippen MR) is 95.2 cm³/mol. The first-order valence-corrected chi connectivity index (χ1v) is 7.98. The average molecular weight is 320 g/mol. The van der Waals surface area contributed by atoms with Crippen molar-refractivity contribution in [3.8, 4) is 16.9 Å². The molecule has 0 amide bonds. The van der Waals surface area contributed by atoms with Gasteiger partial charge in [0, 0.05) is 6.54 Å². The number of aromatic nitrogens is 2. The van der Waals surface area contributed by atoms with Gasteiger partial charge in [0.25, 0.3) is 5.56 Å². The fraction of sp³-hybridized carbons (Fsp3) is 0.200. The fourth-order valence-corrected chi connectivity index (χ4v) is 2.81. The first-order valence-electron chi connectivity index (χ1n) is 7.98. The molecule has 0 aliphatic rings. The molecule has 1 N–H and O–H groups in total. The van der Waals surface area contributed by atoms with Gasteiger partial charge in [-0.05, 0) is 37.0 Å². The zero-order valence-electron chi connectivity index (χ0n) is 13.9. The van der Waals surface area contributed by atoms with E-state index in [0.29, 0.717) is 24.2 Å². The highest BCUT2D eigenvalue weighted by Gasteiger charge is 2.17. The van der Waals surface area contributed by atoms with Gasteiger partial charge in [-0.2, -0.15) is 5.10 Å². The summed E-state index contributed by atoms with van der Waals surface area (Å²) in [5.74, 6) is -0.0368. The van der Waals surface area contributed by atoms with E-state index in [4.69, 9.17) is 0 Å². The minimum atomic E-state index is -0.261. The molecule has 0 aliphatic carbocycles. The number of hydrogen-bond donors (Lipinski definition) is 1. The predicted octanol–water partition coefficient (Wildman–Crippen LogP) is 3.48. The van der Waals surface area contributed by atoms with Crippen LogP contribution in [0.4, 0.5) is 0 Å². The second kappa shape index (κ2) is 6.71. The van der Waals surface area contributed by atoms with Crippen molar-refractivity contribution in [3.63, 3.8) is 0 Å². The van der Waals surface area contributed by atoms with Gasteiger partial charge in [-0.15, -0.1) is 0 Å². The van der Waals surface area contributed by atoms with Gasteiger partial charge in [-0.1, -0.05) is 54.6 Å². The molecule has 4 nitrogen and oxygen atoms in total. The van der Waals surface area contributed by atoms with Gasteiger partial charge >= 0.3 is 0 Å². The number of aryl methyl sites for hydroxylation is 4. The molecule has 0 unspecified atom stereocenters. The van der Waals surface area contributed by atoms with Crippen LogP contribution in [0.5, 0.6) is 5.75 Å². The molecular formula is C20H20N2O2. The molecule has 3 rings (SSSR count). The molecule has 0 saturated carbocycles. The van der Waals surface area contributed by atoms with Gasteiger partial charge in [0.05, 0.1) is 5.56 Å². The Kier molecular flexibility index (Phi) is 4.47. The van der Waals surface area contributed by atoms with E-state index in [1.807, 2.05) is 61.5 Å². The van der Waals surface area contributed by atoms with Crippen LogP contribution in [-0.4, -0.2) is 14.9 Å². The van der Waals surface area contributed by atoms with Crippen LogP contribution in [0.3, 0.4) is 0 Å². The number of hydrogen-bond acceptors (Lipinski definition) is 3. The van der Waals surface area contributed by atoms with Crippen LogP contribution < -0.4 is 5.56 Å². The third-order valence-corrected chi connectivity index (χ3v) is 4.17. The molecule has 0 radical (unpaired) electrons. The van der Waals surface area contributed by atoms with Crippen LogP contribution in [-0.2, 0) is 13.0 Å². The molecule has 4 heteroatoms. The summed E-state index contributed by atoms with van der Waals surface area (Å²) in [4.78, 5) is 12.9. The minimum Gasteiger partial charge on any atom is -0.505 e. The third kappa shape index (κ3) is 3.08. The van der Waals surface area contributed by atoms with Crippen LogP contribution in [0.15, 0.2) is 59.4 Å². The SMILES string of the molecule is Cc1ccccc1-c1c(O)c(C)nn(CCc2ccccc2)c1=O. The van der Waals surface area contributed by atoms with Crippen LogP contribution in [0.25, 0.3) is 11.1 Å². The number of rotatable bonds is 4. The van der Waals surface area contributed by atoms with E-state index in [-0.39, 0.29) is 11.3 Å². The number of benzene rings is 2. The molecule has 3 aromatic rings. The standard InChI is InChI=1S/C20H20N2O2/c1-14-8-6-7-11-17(14)18-19(23)15(2)21-22(20(18)24)13-12-16-9-4-3-5-10-16/h3-11,23H,12-13H2,1-2H3. The van der Waals surface area contributed by atoms with E-state index in [9.17, 15) is 9.90 Å². The fourth-order valence-electron chi connectivity index (χ4n) is 2.81. The average Bonchev–Trinajstić information content (AvgIpc) is 2.59. The zero-order valence-corrected chi connectivity index (χ0v) is 13.9. The molecule has 0 atom stereocenters. The lowest BCUT2D eigenvalue weighted by molar-refractivity contribution is 0.454. The van der Waals surface area contributed by atoms with Crippen molar-refractivity contribution in [1.82, 2.24) is 9.78 Å². The summed E-state index contributed by atoms with van der Waals surface area (Å²) in [5.41, 5.74) is 3.37. The highest BCUT2D eigenvalue weighted by molar-refractivity contribution is 5.72. The molecule has 24 heavy (non-hydrogen) atoms. The van der Waals surface area contributed by atoms with Gasteiger partial charge in [-0.3, -0.25) is 4.79 Å². The van der Waals surface area contributed by atoms with Crippen LogP contribution in [0, 0.1) is 13.8 Å². The summed E-state index contributed by atoms with van der Waals surface area (Å²) in [6.07, 6.45) is 0.713. The minimum absolute atomic E-state index is 0.0368. The Balaban J connectivity index is 2.03. The Morgan fingerprint density at radius 3 is 2.38 bits per heavy atom. The Morgan fingerprint density at radius 1 is 1.00 bits per heavy atom. The second-order valence-electron chi connectivity index (χ2n) is 5.89. The van der Waals surface area contributed by atoms with Crippen molar-refractivity contribution in [3.05, 3.63) is 81.8 Å². The van der Waals surface area contributed by atoms with Crippen molar-refractivity contribution in [2.24, 2.45) is 0 Å². The summed E-state index contributed by atoms with van der Waals surface area (Å²) in [6, 6.07) is 17.5. The summed E-state index contributed by atoms with van der Waals surface area (Å²) < 4.78 is 1.45. The normalized spacial score (nSPS) is 10.8. The maximum absolute atomic E-state index is 12.9. The molecule has 1 heterocycles. The molecule has 2 aromatic carbocycles. The summed E-state index contributed by atoms with van der Waals surface area (Å²) >= 11 is 0. The molecule has 1 aromatic heterocycles. The first kappa shape index (κ1) is 16.0. The third-order valence-electron chi connectivity index (χ3n) is 4.17. The lowest BCUT2D eigenvalue weighted by atomic mass is 10.0. The highest BCUT2D eigenvalue weighted by atomic mass is 16.3. The van der Waals surface area contributed by atoms with E-state index in [2.05, 4.69) is 5.10 Å². The second-order valence-corrected chi connectivity index (χ2v) is 5.89. The quantitative estimate of drug-likeness (QED) is 0.801. The van der Waals surface area contributed by atoms with Gasteiger partial charge in [0.15, 0.2) is 5.75 Å². The van der Waals surface area contributed by atoms with Crippen LogP contribution in [0.1, 0.15) is 16.8 Å². The maximum Gasteiger partial charge on any atom is 0.278 e. The molecule has 0 fully saturated rings. The van der Waals surface area contributed by atoms with E-state index in [1.165, 1.54) is 4.68 Å². The monoisotopic (exact) mass is 320 g/mol. The van der Waals surface area contributed by atoms with E-state index >= 15 is 0 Å². The Labute approximate surface area is 141 Å². The van der Waals surface area contributed by atoms with Gasteiger partial charge in [0.1, 0.15) is 5.69 Å². The van der Waals surface area contributed by atoms with Crippen LogP contribution in [0.2, 0.25) is 0 Å². The van der Waals surface area contributed by atoms with Crippen molar-refractivity contribution < 1.29 is 5.11 Å². The summed E-state index contributed by atoms with van der Waals surface area (Å²) in [5, 5.41) is 14.6. The molecular weight excluding hydrogens is 300 g/mol.